The first kappa shape index (κ1) is 23.0. The van der Waals surface area contributed by atoms with Gasteiger partial charge in [-0.1, -0.05) is 54.5 Å². The largest absolute Gasteiger partial charge is 0.478 e. The number of carbonyl (C=O) groups is 1. The minimum atomic E-state index is -0.769. The van der Waals surface area contributed by atoms with E-state index in [1.807, 2.05) is 0 Å². The molecule has 0 saturated heterocycles. The van der Waals surface area contributed by atoms with Gasteiger partial charge in [0.1, 0.15) is 0 Å². The van der Waals surface area contributed by atoms with Gasteiger partial charge >= 0.3 is 5.97 Å². The van der Waals surface area contributed by atoms with Gasteiger partial charge in [0.05, 0.1) is 0 Å². The van der Waals surface area contributed by atoms with E-state index >= 15 is 0 Å². The summed E-state index contributed by atoms with van der Waals surface area (Å²) in [5, 5.41) is 9.68. The third-order valence-electron chi connectivity index (χ3n) is 13.4. The van der Waals surface area contributed by atoms with E-state index in [0.29, 0.717) is 33.2 Å². The lowest BCUT2D eigenvalue weighted by atomic mass is 9.32. The van der Waals surface area contributed by atoms with Crippen LogP contribution in [0.4, 0.5) is 0 Å². The second-order valence-corrected chi connectivity index (χ2v) is 14.6. The van der Waals surface area contributed by atoms with E-state index in [0.717, 1.165) is 24.2 Å². The molecule has 5 fully saturated rings. The highest BCUT2D eigenvalue weighted by Crippen LogP contribution is 2.78. The van der Waals surface area contributed by atoms with Crippen molar-refractivity contribution in [1.82, 2.24) is 0 Å². The molecule has 32 heavy (non-hydrogen) atoms. The van der Waals surface area contributed by atoms with Crippen LogP contribution in [0.2, 0.25) is 0 Å². The van der Waals surface area contributed by atoms with Crippen molar-refractivity contribution >= 4 is 5.97 Å². The SMILES string of the molecule is C=C(C(=O)O)[C@H]1CC[C@]2(C)[C@H]3CC[C@@H]4[C@@]5(C)CCCC(C)(C)[C@@H]5CC[C@@]4(C)[C@]3(C)CC[C@@H]12. The summed E-state index contributed by atoms with van der Waals surface area (Å²) in [5.74, 6) is 2.40. The zero-order valence-corrected chi connectivity index (χ0v) is 21.7. The molecule has 5 saturated carbocycles. The van der Waals surface area contributed by atoms with Gasteiger partial charge < -0.3 is 5.11 Å². The summed E-state index contributed by atoms with van der Waals surface area (Å²) in [5.41, 5.74) is 2.57. The van der Waals surface area contributed by atoms with Crippen LogP contribution in [-0.4, -0.2) is 11.1 Å². The molecule has 0 aromatic heterocycles. The third-order valence-corrected chi connectivity index (χ3v) is 13.4. The minimum Gasteiger partial charge on any atom is -0.478 e. The summed E-state index contributed by atoms with van der Waals surface area (Å²) in [7, 11) is 0. The van der Waals surface area contributed by atoms with E-state index in [-0.39, 0.29) is 11.3 Å². The van der Waals surface area contributed by atoms with Crippen LogP contribution in [0.3, 0.4) is 0 Å². The molecule has 0 aromatic rings. The lowest BCUT2D eigenvalue weighted by molar-refractivity contribution is -0.240. The molecule has 2 heteroatoms. The quantitative estimate of drug-likeness (QED) is 0.440. The van der Waals surface area contributed by atoms with Crippen molar-refractivity contribution in [1.29, 1.82) is 0 Å². The molecule has 0 aromatic carbocycles. The van der Waals surface area contributed by atoms with E-state index in [4.69, 9.17) is 0 Å². The number of rotatable bonds is 2. The van der Waals surface area contributed by atoms with Gasteiger partial charge in [-0.05, 0) is 121 Å². The highest BCUT2D eigenvalue weighted by molar-refractivity contribution is 5.86. The van der Waals surface area contributed by atoms with Gasteiger partial charge in [-0.3, -0.25) is 0 Å². The number of hydrogen-bond donors (Lipinski definition) is 1. The van der Waals surface area contributed by atoms with Gasteiger partial charge in [-0.2, -0.15) is 0 Å². The molecule has 0 bridgehead atoms. The van der Waals surface area contributed by atoms with Gasteiger partial charge in [-0.25, -0.2) is 4.79 Å². The standard InChI is InChI=1S/C30H48O2/c1-19(25(31)32)20-11-16-27(4)21(20)12-17-29(6)23(27)9-10-24-28(5)15-8-14-26(2,3)22(28)13-18-30(24,29)7/h20-24H,1,8-18H2,2-7H3,(H,31,32)/t20-,21+,22+,23-,24-,27+,28+,29-,30-/m1/s1. The van der Waals surface area contributed by atoms with E-state index in [1.54, 1.807) is 0 Å². The Morgan fingerprint density at radius 1 is 0.719 bits per heavy atom. The van der Waals surface area contributed by atoms with E-state index < -0.39 is 5.97 Å². The molecule has 0 spiro atoms. The van der Waals surface area contributed by atoms with Crippen LogP contribution in [0, 0.1) is 56.7 Å². The zero-order chi connectivity index (χ0) is 23.3. The van der Waals surface area contributed by atoms with E-state index in [9.17, 15) is 9.90 Å². The highest BCUT2D eigenvalue weighted by Gasteiger charge is 2.70. The Hall–Kier alpha value is -0.790. The molecule has 0 radical (unpaired) electrons. The maximum Gasteiger partial charge on any atom is 0.331 e. The predicted molar refractivity (Wildman–Crippen MR) is 131 cm³/mol. The molecule has 0 amide bonds. The smallest absolute Gasteiger partial charge is 0.331 e. The molecule has 180 valence electrons. The van der Waals surface area contributed by atoms with Crippen LogP contribution in [0.5, 0.6) is 0 Å². The normalized spacial score (nSPS) is 54.0. The zero-order valence-electron chi connectivity index (χ0n) is 21.7. The Kier molecular flexibility index (Phi) is 4.94. The molecule has 5 aliphatic carbocycles. The predicted octanol–water partition coefficient (Wildman–Crippen LogP) is 8.12. The van der Waals surface area contributed by atoms with Crippen LogP contribution >= 0.6 is 0 Å². The van der Waals surface area contributed by atoms with Crippen LogP contribution in [0.25, 0.3) is 0 Å². The van der Waals surface area contributed by atoms with E-state index in [2.05, 4.69) is 48.1 Å². The van der Waals surface area contributed by atoms with Crippen LogP contribution in [0.1, 0.15) is 112 Å². The Balaban J connectivity index is 1.50. The van der Waals surface area contributed by atoms with Gasteiger partial charge in [0.15, 0.2) is 0 Å². The second-order valence-electron chi connectivity index (χ2n) is 14.6. The third kappa shape index (κ3) is 2.68. The second kappa shape index (κ2) is 6.88. The molecular formula is C30H48O2. The maximum atomic E-state index is 11.8. The van der Waals surface area contributed by atoms with Gasteiger partial charge in [-0.15, -0.1) is 0 Å². The van der Waals surface area contributed by atoms with Crippen LogP contribution in [0.15, 0.2) is 12.2 Å². The van der Waals surface area contributed by atoms with Crippen LogP contribution in [-0.2, 0) is 4.79 Å². The van der Waals surface area contributed by atoms with E-state index in [1.165, 1.54) is 64.2 Å². The fourth-order valence-electron chi connectivity index (χ4n) is 11.9. The molecular weight excluding hydrogens is 392 g/mol. The number of hydrogen-bond acceptors (Lipinski definition) is 1. The lowest BCUT2D eigenvalue weighted by Crippen LogP contribution is -2.65. The number of carboxylic acid groups (broad SMARTS) is 1. The first-order valence-electron chi connectivity index (χ1n) is 13.7. The van der Waals surface area contributed by atoms with Gasteiger partial charge in [0, 0.05) is 5.57 Å². The summed E-state index contributed by atoms with van der Waals surface area (Å²) < 4.78 is 0. The van der Waals surface area contributed by atoms with Crippen molar-refractivity contribution in [2.45, 2.75) is 112 Å². The summed E-state index contributed by atoms with van der Waals surface area (Å²) in [6.45, 7) is 19.8. The van der Waals surface area contributed by atoms with Crippen molar-refractivity contribution in [2.75, 3.05) is 0 Å². The Bertz CT molecular complexity index is 827. The van der Waals surface area contributed by atoms with Crippen molar-refractivity contribution in [3.05, 3.63) is 12.2 Å². The lowest BCUT2D eigenvalue weighted by Gasteiger charge is -2.73. The summed E-state index contributed by atoms with van der Waals surface area (Å²) in [4.78, 5) is 11.8. The monoisotopic (exact) mass is 440 g/mol. The molecule has 5 rings (SSSR count). The molecule has 2 nitrogen and oxygen atoms in total. The average Bonchev–Trinajstić information content (AvgIpc) is 3.04. The fraction of sp³-hybridized carbons (Fsp3) is 0.900. The summed E-state index contributed by atoms with van der Waals surface area (Å²) >= 11 is 0. The van der Waals surface area contributed by atoms with Crippen molar-refractivity contribution in [2.24, 2.45) is 56.7 Å². The molecule has 5 aliphatic rings. The van der Waals surface area contributed by atoms with Crippen LogP contribution < -0.4 is 0 Å². The fourth-order valence-corrected chi connectivity index (χ4v) is 11.9. The van der Waals surface area contributed by atoms with Crippen molar-refractivity contribution in [3.63, 3.8) is 0 Å². The summed E-state index contributed by atoms with van der Waals surface area (Å²) in [6, 6.07) is 0. The first-order valence-corrected chi connectivity index (χ1v) is 13.7. The molecule has 1 N–H and O–H groups in total. The minimum absolute atomic E-state index is 0.194. The number of fused-ring (bicyclic) bond motifs is 7. The molecule has 0 heterocycles. The average molecular weight is 441 g/mol. The first-order chi connectivity index (χ1) is 14.8. The van der Waals surface area contributed by atoms with Crippen molar-refractivity contribution in [3.8, 4) is 0 Å². The molecule has 9 atom stereocenters. The van der Waals surface area contributed by atoms with Gasteiger partial charge in [0.25, 0.3) is 0 Å². The Morgan fingerprint density at radius 3 is 1.94 bits per heavy atom. The Morgan fingerprint density at radius 2 is 1.31 bits per heavy atom. The maximum absolute atomic E-state index is 11.8. The van der Waals surface area contributed by atoms with Gasteiger partial charge in [0.2, 0.25) is 0 Å². The highest BCUT2D eigenvalue weighted by atomic mass is 16.4. The Labute approximate surface area is 197 Å². The molecule has 0 unspecified atom stereocenters. The number of carboxylic acids is 1. The molecule has 0 aliphatic heterocycles. The topological polar surface area (TPSA) is 37.3 Å². The summed E-state index contributed by atoms with van der Waals surface area (Å²) in [6.07, 6.45) is 14.5. The van der Waals surface area contributed by atoms with Crippen molar-refractivity contribution < 1.29 is 9.90 Å². The number of aliphatic carboxylic acids is 1.